The molecule has 0 bridgehead atoms. The molecule has 0 fully saturated rings. The van der Waals surface area contributed by atoms with Crippen molar-refractivity contribution in [3.8, 4) is 11.5 Å². The lowest BCUT2D eigenvalue weighted by molar-refractivity contribution is 0.425. The number of aromatic nitrogens is 3. The summed E-state index contributed by atoms with van der Waals surface area (Å²) >= 11 is 1.75. The van der Waals surface area contributed by atoms with Crippen LogP contribution in [0.4, 0.5) is 5.69 Å². The van der Waals surface area contributed by atoms with Crippen LogP contribution in [0.2, 0.25) is 0 Å². The predicted molar refractivity (Wildman–Crippen MR) is 63.8 cm³/mol. The molecule has 5 nitrogen and oxygen atoms in total. The molecule has 0 aromatic carbocycles. The number of nitrogens with zero attached hydrogens (tertiary/aromatic N) is 3. The van der Waals surface area contributed by atoms with Gasteiger partial charge in [0.05, 0.1) is 23.2 Å². The Kier molecular flexibility index (Phi) is 3.40. The molecule has 0 aliphatic carbocycles. The minimum absolute atomic E-state index is 0.451. The van der Waals surface area contributed by atoms with Crippen molar-refractivity contribution in [2.45, 2.75) is 12.7 Å². The molecular formula is C10H12N4OS. The average molecular weight is 236 g/mol. The van der Waals surface area contributed by atoms with Crippen LogP contribution in [0.3, 0.4) is 0 Å². The highest BCUT2D eigenvalue weighted by molar-refractivity contribution is 7.98. The monoisotopic (exact) mass is 236 g/mol. The summed E-state index contributed by atoms with van der Waals surface area (Å²) in [5, 5.41) is 3.89. The lowest BCUT2D eigenvalue weighted by atomic mass is 10.2. The quantitative estimate of drug-likeness (QED) is 0.874. The molecule has 0 saturated heterocycles. The number of nitrogens with two attached hydrogens (primary N) is 1. The third kappa shape index (κ3) is 2.33. The fourth-order valence-electron chi connectivity index (χ4n) is 1.22. The maximum absolute atomic E-state index is 5.77. The van der Waals surface area contributed by atoms with E-state index in [0.29, 0.717) is 17.4 Å². The Hall–Kier alpha value is -1.56. The van der Waals surface area contributed by atoms with E-state index < -0.39 is 0 Å². The topological polar surface area (TPSA) is 77.8 Å². The summed E-state index contributed by atoms with van der Waals surface area (Å²) in [7, 11) is 0. The number of hydrogen-bond acceptors (Lipinski definition) is 6. The van der Waals surface area contributed by atoms with E-state index in [2.05, 4.69) is 22.0 Å². The molecule has 2 aromatic rings. The van der Waals surface area contributed by atoms with Gasteiger partial charge in [0.25, 0.3) is 5.89 Å². The van der Waals surface area contributed by atoms with Crippen LogP contribution in [0.5, 0.6) is 0 Å². The first-order valence-electron chi connectivity index (χ1n) is 4.91. The van der Waals surface area contributed by atoms with Crippen molar-refractivity contribution in [2.75, 3.05) is 11.5 Å². The van der Waals surface area contributed by atoms with E-state index in [-0.39, 0.29) is 0 Å². The first kappa shape index (κ1) is 10.9. The Morgan fingerprint density at radius 1 is 1.50 bits per heavy atom. The molecule has 0 saturated carbocycles. The Bertz CT molecular complexity index is 471. The Balaban J connectivity index is 2.22. The Morgan fingerprint density at radius 3 is 3.12 bits per heavy atom. The van der Waals surface area contributed by atoms with Gasteiger partial charge in [0.15, 0.2) is 5.82 Å². The molecule has 2 heterocycles. The lowest BCUT2D eigenvalue weighted by Gasteiger charge is -1.97. The molecular weight excluding hydrogens is 224 g/mol. The molecule has 2 N–H and O–H groups in total. The van der Waals surface area contributed by atoms with Crippen molar-refractivity contribution in [3.63, 3.8) is 0 Å². The number of nitrogen functional groups attached to an aromatic ring is 1. The van der Waals surface area contributed by atoms with Gasteiger partial charge in [0.2, 0.25) is 0 Å². The molecule has 6 heteroatoms. The summed E-state index contributed by atoms with van der Waals surface area (Å²) in [5.74, 6) is 2.93. The minimum Gasteiger partial charge on any atom is -0.397 e. The molecule has 16 heavy (non-hydrogen) atoms. The second kappa shape index (κ2) is 4.98. The second-order valence-electron chi connectivity index (χ2n) is 3.12. The highest BCUT2D eigenvalue weighted by atomic mass is 32.2. The van der Waals surface area contributed by atoms with Gasteiger partial charge in [-0.2, -0.15) is 16.7 Å². The van der Waals surface area contributed by atoms with Crippen molar-refractivity contribution in [1.29, 1.82) is 0 Å². The minimum atomic E-state index is 0.451. The van der Waals surface area contributed by atoms with Crippen LogP contribution in [0.25, 0.3) is 11.5 Å². The van der Waals surface area contributed by atoms with E-state index in [0.717, 1.165) is 17.1 Å². The van der Waals surface area contributed by atoms with Gasteiger partial charge >= 0.3 is 0 Å². The van der Waals surface area contributed by atoms with Crippen molar-refractivity contribution in [2.24, 2.45) is 0 Å². The van der Waals surface area contributed by atoms with Crippen molar-refractivity contribution in [3.05, 3.63) is 24.3 Å². The standard InChI is InChI=1S/C10H12N4OS/c1-2-16-6-9-13-10(15-14-9)7-3-4-12-5-8(7)11/h3-5H,2,6,11H2,1H3. The van der Waals surface area contributed by atoms with Crippen LogP contribution in [0.15, 0.2) is 23.0 Å². The summed E-state index contributed by atoms with van der Waals surface area (Å²) in [6.07, 6.45) is 3.22. The number of pyridine rings is 1. The van der Waals surface area contributed by atoms with E-state index >= 15 is 0 Å². The van der Waals surface area contributed by atoms with Crippen LogP contribution < -0.4 is 5.73 Å². The highest BCUT2D eigenvalue weighted by Gasteiger charge is 2.10. The zero-order valence-corrected chi connectivity index (χ0v) is 9.70. The normalized spacial score (nSPS) is 10.6. The zero-order chi connectivity index (χ0) is 11.4. The summed E-state index contributed by atoms with van der Waals surface area (Å²) in [4.78, 5) is 8.18. The number of hydrogen-bond donors (Lipinski definition) is 1. The average Bonchev–Trinajstić information content (AvgIpc) is 2.75. The number of rotatable bonds is 4. The first-order valence-corrected chi connectivity index (χ1v) is 6.07. The van der Waals surface area contributed by atoms with Crippen LogP contribution >= 0.6 is 11.8 Å². The SMILES string of the molecule is CCSCc1noc(-c2ccncc2N)n1. The van der Waals surface area contributed by atoms with Gasteiger partial charge in [-0.25, -0.2) is 0 Å². The van der Waals surface area contributed by atoms with Gasteiger partial charge in [-0.15, -0.1) is 0 Å². The third-order valence-electron chi connectivity index (χ3n) is 1.99. The van der Waals surface area contributed by atoms with Crippen molar-refractivity contribution < 1.29 is 4.52 Å². The molecule has 0 aliphatic heterocycles. The van der Waals surface area contributed by atoms with E-state index in [1.807, 2.05) is 0 Å². The van der Waals surface area contributed by atoms with E-state index in [1.165, 1.54) is 0 Å². The molecule has 84 valence electrons. The maximum Gasteiger partial charge on any atom is 0.260 e. The second-order valence-corrected chi connectivity index (χ2v) is 4.39. The number of thioether (sulfide) groups is 1. The summed E-state index contributed by atoms with van der Waals surface area (Å²) in [6, 6.07) is 1.76. The summed E-state index contributed by atoms with van der Waals surface area (Å²) < 4.78 is 5.15. The van der Waals surface area contributed by atoms with Gasteiger partial charge in [0, 0.05) is 6.20 Å². The zero-order valence-electron chi connectivity index (χ0n) is 8.88. The van der Waals surface area contributed by atoms with E-state index in [9.17, 15) is 0 Å². The largest absolute Gasteiger partial charge is 0.397 e. The smallest absolute Gasteiger partial charge is 0.260 e. The molecule has 0 amide bonds. The van der Waals surface area contributed by atoms with E-state index in [4.69, 9.17) is 10.3 Å². The lowest BCUT2D eigenvalue weighted by Crippen LogP contribution is -1.91. The van der Waals surface area contributed by atoms with Crippen LogP contribution in [0, 0.1) is 0 Å². The van der Waals surface area contributed by atoms with Gasteiger partial charge in [-0.3, -0.25) is 4.98 Å². The van der Waals surface area contributed by atoms with E-state index in [1.54, 1.807) is 30.2 Å². The summed E-state index contributed by atoms with van der Waals surface area (Å²) in [6.45, 7) is 2.09. The van der Waals surface area contributed by atoms with Gasteiger partial charge in [0.1, 0.15) is 0 Å². The van der Waals surface area contributed by atoms with Crippen LogP contribution in [0.1, 0.15) is 12.7 Å². The van der Waals surface area contributed by atoms with Crippen molar-refractivity contribution in [1.82, 2.24) is 15.1 Å². The fraction of sp³-hybridized carbons (Fsp3) is 0.300. The molecule has 2 aromatic heterocycles. The molecule has 0 radical (unpaired) electrons. The Labute approximate surface area is 97.5 Å². The van der Waals surface area contributed by atoms with Gasteiger partial charge in [-0.1, -0.05) is 12.1 Å². The molecule has 0 aliphatic rings. The molecule has 0 spiro atoms. The number of anilines is 1. The Morgan fingerprint density at radius 2 is 2.38 bits per heavy atom. The first-order chi connectivity index (χ1) is 7.81. The van der Waals surface area contributed by atoms with Gasteiger partial charge < -0.3 is 10.3 Å². The predicted octanol–water partition coefficient (Wildman–Crippen LogP) is 1.97. The summed E-state index contributed by atoms with van der Waals surface area (Å²) in [5.41, 5.74) is 7.04. The van der Waals surface area contributed by atoms with Crippen LogP contribution in [-0.4, -0.2) is 20.9 Å². The van der Waals surface area contributed by atoms with Gasteiger partial charge in [-0.05, 0) is 11.8 Å². The fourth-order valence-corrected chi connectivity index (χ4v) is 1.72. The molecule has 2 rings (SSSR count). The highest BCUT2D eigenvalue weighted by Crippen LogP contribution is 2.23. The third-order valence-corrected chi connectivity index (χ3v) is 2.86. The van der Waals surface area contributed by atoms with Crippen LogP contribution in [-0.2, 0) is 5.75 Å². The molecule has 0 atom stereocenters. The van der Waals surface area contributed by atoms with Crippen molar-refractivity contribution >= 4 is 17.4 Å². The molecule has 0 unspecified atom stereocenters. The maximum atomic E-state index is 5.77.